The van der Waals surface area contributed by atoms with Crippen LogP contribution in [0.25, 0.3) is 0 Å². The lowest BCUT2D eigenvalue weighted by Crippen LogP contribution is -2.64. The van der Waals surface area contributed by atoms with Crippen molar-refractivity contribution in [3.63, 3.8) is 0 Å². The third kappa shape index (κ3) is 3.29. The average Bonchev–Trinajstić information content (AvgIpc) is 2.37. The van der Waals surface area contributed by atoms with E-state index in [4.69, 9.17) is 10.5 Å². The highest BCUT2D eigenvalue weighted by atomic mass is 32.2. The minimum absolute atomic E-state index is 0.00630. The lowest BCUT2D eigenvalue weighted by Gasteiger charge is -2.54. The van der Waals surface area contributed by atoms with E-state index >= 15 is 0 Å². The van der Waals surface area contributed by atoms with Crippen molar-refractivity contribution in [3.05, 3.63) is 0 Å². The van der Waals surface area contributed by atoms with Crippen molar-refractivity contribution in [1.82, 2.24) is 4.90 Å². The smallest absolute Gasteiger partial charge is 0.0670 e. The Morgan fingerprint density at radius 2 is 2.05 bits per heavy atom. The van der Waals surface area contributed by atoms with Crippen LogP contribution in [0.5, 0.6) is 0 Å². The molecule has 4 heteroatoms. The molecule has 2 fully saturated rings. The van der Waals surface area contributed by atoms with Crippen LogP contribution in [0.4, 0.5) is 0 Å². The van der Waals surface area contributed by atoms with E-state index in [0.29, 0.717) is 4.75 Å². The number of hydrogen-bond donors (Lipinski definition) is 1. The van der Waals surface area contributed by atoms with Gasteiger partial charge in [-0.25, -0.2) is 0 Å². The second-order valence-electron chi connectivity index (χ2n) is 7.04. The summed E-state index contributed by atoms with van der Waals surface area (Å²) < 4.78 is 6.38. The normalized spacial score (nSPS) is 40.3. The summed E-state index contributed by atoms with van der Waals surface area (Å²) in [6.07, 6.45) is 3.23. The molecule has 0 bridgehead atoms. The number of thioether (sulfide) groups is 1. The zero-order valence-corrected chi connectivity index (χ0v) is 13.8. The molecule has 2 rings (SSSR count). The maximum Gasteiger partial charge on any atom is 0.0670 e. The molecule has 0 aliphatic carbocycles. The van der Waals surface area contributed by atoms with Gasteiger partial charge in [0, 0.05) is 42.3 Å². The van der Waals surface area contributed by atoms with E-state index in [1.807, 2.05) is 0 Å². The largest absolute Gasteiger partial charge is 0.375 e. The number of ether oxygens (including phenoxy) is 1. The summed E-state index contributed by atoms with van der Waals surface area (Å²) in [4.78, 5) is 2.67. The Bertz CT molecular complexity index is 323. The van der Waals surface area contributed by atoms with Gasteiger partial charge in [0.1, 0.15) is 0 Å². The fourth-order valence-electron chi connectivity index (χ4n) is 3.54. The van der Waals surface area contributed by atoms with E-state index in [0.717, 1.165) is 39.0 Å². The first-order chi connectivity index (χ1) is 8.85. The van der Waals surface area contributed by atoms with Crippen molar-refractivity contribution < 1.29 is 4.74 Å². The van der Waals surface area contributed by atoms with Crippen LogP contribution in [0.1, 0.15) is 47.0 Å². The molecule has 0 aromatic carbocycles. The molecule has 2 N–H and O–H groups in total. The molecule has 112 valence electrons. The zero-order chi connectivity index (χ0) is 14.1. The lowest BCUT2D eigenvalue weighted by molar-refractivity contribution is -0.129. The van der Waals surface area contributed by atoms with Crippen LogP contribution in [0, 0.1) is 0 Å². The van der Waals surface area contributed by atoms with E-state index in [-0.39, 0.29) is 11.1 Å². The van der Waals surface area contributed by atoms with Gasteiger partial charge in [0.25, 0.3) is 0 Å². The summed E-state index contributed by atoms with van der Waals surface area (Å²) in [7, 11) is 0. The summed E-state index contributed by atoms with van der Waals surface area (Å²) in [5.41, 5.74) is 6.39. The van der Waals surface area contributed by atoms with Crippen LogP contribution in [0.15, 0.2) is 0 Å². The van der Waals surface area contributed by atoms with Crippen LogP contribution in [-0.4, -0.2) is 52.8 Å². The number of hydrogen-bond acceptors (Lipinski definition) is 4. The topological polar surface area (TPSA) is 38.5 Å². The minimum atomic E-state index is 0.00630. The van der Waals surface area contributed by atoms with Crippen molar-refractivity contribution in [2.45, 2.75) is 62.8 Å². The summed E-state index contributed by atoms with van der Waals surface area (Å²) >= 11 is 2.09. The molecule has 0 amide bonds. The SMILES string of the molecule is CCC1(C)CC(CN)(N2CCSC(C)(C)C2)CCO1. The zero-order valence-electron chi connectivity index (χ0n) is 13.0. The molecule has 0 radical (unpaired) electrons. The minimum Gasteiger partial charge on any atom is -0.375 e. The Morgan fingerprint density at radius 1 is 1.32 bits per heavy atom. The first-order valence-corrected chi connectivity index (χ1v) is 8.56. The lowest BCUT2D eigenvalue weighted by atomic mass is 9.77. The highest BCUT2D eigenvalue weighted by molar-refractivity contribution is 8.00. The van der Waals surface area contributed by atoms with Gasteiger partial charge in [0.05, 0.1) is 5.60 Å². The van der Waals surface area contributed by atoms with Crippen molar-refractivity contribution in [2.75, 3.05) is 32.0 Å². The van der Waals surface area contributed by atoms with Crippen LogP contribution in [-0.2, 0) is 4.74 Å². The third-order valence-electron chi connectivity index (χ3n) is 4.95. The Labute approximate surface area is 122 Å². The van der Waals surface area contributed by atoms with Crippen molar-refractivity contribution in [3.8, 4) is 0 Å². The highest BCUT2D eigenvalue weighted by Gasteiger charge is 2.47. The number of nitrogens with zero attached hydrogens (tertiary/aromatic N) is 1. The van der Waals surface area contributed by atoms with E-state index < -0.39 is 0 Å². The van der Waals surface area contributed by atoms with Gasteiger partial charge in [0.2, 0.25) is 0 Å². The second kappa shape index (κ2) is 5.55. The quantitative estimate of drug-likeness (QED) is 0.865. The van der Waals surface area contributed by atoms with Crippen LogP contribution in [0.2, 0.25) is 0 Å². The molecule has 0 spiro atoms. The molecule has 2 heterocycles. The van der Waals surface area contributed by atoms with Gasteiger partial charge in [-0.3, -0.25) is 4.90 Å². The standard InChI is InChI=1S/C15H30N2OS/c1-5-14(4)10-15(11-16,6-8-18-14)17-7-9-19-13(2,3)12-17/h5-12,16H2,1-4H3. The summed E-state index contributed by atoms with van der Waals surface area (Å²) in [5.74, 6) is 1.22. The first kappa shape index (κ1) is 15.6. The van der Waals surface area contributed by atoms with Gasteiger partial charge in [0.15, 0.2) is 0 Å². The first-order valence-electron chi connectivity index (χ1n) is 7.58. The molecule has 3 nitrogen and oxygen atoms in total. The van der Waals surface area contributed by atoms with Gasteiger partial charge >= 0.3 is 0 Å². The molecule has 2 saturated heterocycles. The van der Waals surface area contributed by atoms with Gasteiger partial charge < -0.3 is 10.5 Å². The molecule has 2 unspecified atom stereocenters. The van der Waals surface area contributed by atoms with E-state index in [1.165, 1.54) is 12.3 Å². The molecule has 0 aromatic heterocycles. The molecule has 2 atom stereocenters. The summed E-state index contributed by atoms with van der Waals surface area (Å²) in [5, 5.41) is 0. The van der Waals surface area contributed by atoms with Crippen molar-refractivity contribution in [1.29, 1.82) is 0 Å². The van der Waals surface area contributed by atoms with E-state index in [1.54, 1.807) is 0 Å². The Morgan fingerprint density at radius 3 is 2.63 bits per heavy atom. The van der Waals surface area contributed by atoms with E-state index in [9.17, 15) is 0 Å². The predicted molar refractivity (Wildman–Crippen MR) is 83.8 cm³/mol. The molecule has 0 saturated carbocycles. The summed E-state index contributed by atoms with van der Waals surface area (Å²) in [6, 6.07) is 0. The molecular weight excluding hydrogens is 256 g/mol. The van der Waals surface area contributed by atoms with Gasteiger partial charge in [-0.1, -0.05) is 6.92 Å². The van der Waals surface area contributed by atoms with Crippen LogP contribution >= 0.6 is 11.8 Å². The fraction of sp³-hybridized carbons (Fsp3) is 1.00. The monoisotopic (exact) mass is 286 g/mol. The molecule has 19 heavy (non-hydrogen) atoms. The highest BCUT2D eigenvalue weighted by Crippen LogP contribution is 2.41. The number of nitrogens with two attached hydrogens (primary N) is 1. The predicted octanol–water partition coefficient (Wildman–Crippen LogP) is 2.49. The third-order valence-corrected chi connectivity index (χ3v) is 6.24. The van der Waals surface area contributed by atoms with Gasteiger partial charge in [-0.15, -0.1) is 0 Å². The maximum atomic E-state index is 6.23. The second-order valence-corrected chi connectivity index (χ2v) is 8.84. The van der Waals surface area contributed by atoms with Gasteiger partial charge in [-0.2, -0.15) is 11.8 Å². The van der Waals surface area contributed by atoms with Gasteiger partial charge in [-0.05, 0) is 40.0 Å². The number of rotatable bonds is 3. The Balaban J connectivity index is 2.17. The Hall–Kier alpha value is 0.230. The summed E-state index contributed by atoms with van der Waals surface area (Å²) in [6.45, 7) is 13.1. The van der Waals surface area contributed by atoms with Crippen molar-refractivity contribution in [2.24, 2.45) is 5.73 Å². The van der Waals surface area contributed by atoms with E-state index in [2.05, 4.69) is 44.4 Å². The molecule has 0 aromatic rings. The average molecular weight is 286 g/mol. The van der Waals surface area contributed by atoms with Crippen LogP contribution in [0.3, 0.4) is 0 Å². The van der Waals surface area contributed by atoms with Crippen LogP contribution < -0.4 is 5.73 Å². The molecule has 2 aliphatic rings. The fourth-order valence-corrected chi connectivity index (χ4v) is 4.66. The maximum absolute atomic E-state index is 6.23. The van der Waals surface area contributed by atoms with Crippen molar-refractivity contribution >= 4 is 11.8 Å². The molecule has 2 aliphatic heterocycles. The Kier molecular flexibility index (Phi) is 4.56. The molecular formula is C15H30N2OS.